The SMILES string of the molecule is CS(=O)(=O)Nc1nccnc1CNc1nc(Nc2ccc3c(c2)CCNCC3)ncc1Cl.Cl. The minimum absolute atomic E-state index is 0. The van der Waals surface area contributed by atoms with Crippen LogP contribution in [0.2, 0.25) is 5.02 Å². The molecule has 1 aliphatic heterocycles. The van der Waals surface area contributed by atoms with Gasteiger partial charge in [0, 0.05) is 18.1 Å². The predicted octanol–water partition coefficient (Wildman–Crippen LogP) is 2.76. The molecule has 3 aromatic rings. The molecule has 3 heterocycles. The van der Waals surface area contributed by atoms with Crippen molar-refractivity contribution in [1.82, 2.24) is 25.3 Å². The van der Waals surface area contributed by atoms with Gasteiger partial charge in [0.1, 0.15) is 10.7 Å². The molecule has 0 saturated carbocycles. The summed E-state index contributed by atoms with van der Waals surface area (Å²) in [6.07, 6.45) is 7.43. The van der Waals surface area contributed by atoms with Crippen LogP contribution in [0.15, 0.2) is 36.8 Å². The van der Waals surface area contributed by atoms with Crippen molar-refractivity contribution in [1.29, 1.82) is 0 Å². The van der Waals surface area contributed by atoms with Crippen molar-refractivity contribution in [2.24, 2.45) is 0 Å². The van der Waals surface area contributed by atoms with E-state index < -0.39 is 10.0 Å². The summed E-state index contributed by atoms with van der Waals surface area (Å²) in [5.41, 5.74) is 3.96. The fourth-order valence-electron chi connectivity index (χ4n) is 3.36. The average molecular weight is 511 g/mol. The van der Waals surface area contributed by atoms with Gasteiger partial charge in [-0.3, -0.25) is 9.71 Å². The van der Waals surface area contributed by atoms with Crippen molar-refractivity contribution in [2.45, 2.75) is 19.4 Å². The molecular formula is C20H24Cl2N8O2S. The van der Waals surface area contributed by atoms with Gasteiger partial charge in [-0.25, -0.2) is 18.4 Å². The van der Waals surface area contributed by atoms with Crippen molar-refractivity contribution in [3.05, 3.63) is 58.6 Å². The Balaban J connectivity index is 0.00000306. The van der Waals surface area contributed by atoms with Gasteiger partial charge in [0.2, 0.25) is 16.0 Å². The number of rotatable bonds is 7. The van der Waals surface area contributed by atoms with E-state index in [0.717, 1.165) is 37.9 Å². The van der Waals surface area contributed by atoms with Crippen molar-refractivity contribution in [3.63, 3.8) is 0 Å². The Labute approximate surface area is 203 Å². The highest BCUT2D eigenvalue weighted by Crippen LogP contribution is 2.24. The Morgan fingerprint density at radius 2 is 1.82 bits per heavy atom. The Bertz CT molecular complexity index is 1230. The van der Waals surface area contributed by atoms with Gasteiger partial charge in [-0.15, -0.1) is 12.4 Å². The topological polar surface area (TPSA) is 134 Å². The number of nitrogens with one attached hydrogen (secondary N) is 4. The maximum absolute atomic E-state index is 11.6. The molecule has 0 fully saturated rings. The number of anilines is 4. The number of fused-ring (bicyclic) bond motifs is 1. The van der Waals surface area contributed by atoms with E-state index in [-0.39, 0.29) is 24.8 Å². The van der Waals surface area contributed by atoms with E-state index in [4.69, 9.17) is 11.6 Å². The quantitative estimate of drug-likeness (QED) is 0.378. The number of sulfonamides is 1. The van der Waals surface area contributed by atoms with Gasteiger partial charge < -0.3 is 16.0 Å². The zero-order valence-electron chi connectivity index (χ0n) is 17.8. The summed E-state index contributed by atoms with van der Waals surface area (Å²) >= 11 is 6.25. The van der Waals surface area contributed by atoms with E-state index in [1.807, 2.05) is 6.07 Å². The van der Waals surface area contributed by atoms with Crippen LogP contribution >= 0.6 is 24.0 Å². The lowest BCUT2D eigenvalue weighted by molar-refractivity contribution is 0.606. The molecule has 0 unspecified atom stereocenters. The molecule has 33 heavy (non-hydrogen) atoms. The lowest BCUT2D eigenvalue weighted by Crippen LogP contribution is -2.16. The first-order chi connectivity index (χ1) is 15.4. The van der Waals surface area contributed by atoms with Gasteiger partial charge in [0.05, 0.1) is 19.0 Å². The van der Waals surface area contributed by atoms with Crippen LogP contribution in [0.3, 0.4) is 0 Å². The number of benzene rings is 1. The highest BCUT2D eigenvalue weighted by Gasteiger charge is 2.13. The maximum atomic E-state index is 11.6. The fraction of sp³-hybridized carbons (Fsp3) is 0.300. The third-order valence-electron chi connectivity index (χ3n) is 4.83. The molecule has 4 N–H and O–H groups in total. The maximum Gasteiger partial charge on any atom is 0.231 e. The molecule has 0 bridgehead atoms. The third-order valence-corrected chi connectivity index (χ3v) is 5.67. The molecule has 0 atom stereocenters. The molecule has 0 spiro atoms. The van der Waals surface area contributed by atoms with Gasteiger partial charge in [0.15, 0.2) is 11.6 Å². The lowest BCUT2D eigenvalue weighted by atomic mass is 10.0. The van der Waals surface area contributed by atoms with Crippen molar-refractivity contribution in [3.8, 4) is 0 Å². The van der Waals surface area contributed by atoms with Gasteiger partial charge in [0.25, 0.3) is 0 Å². The van der Waals surface area contributed by atoms with E-state index in [2.05, 4.69) is 52.7 Å². The van der Waals surface area contributed by atoms with Crippen LogP contribution < -0.4 is 20.7 Å². The molecule has 1 aromatic carbocycles. The van der Waals surface area contributed by atoms with Crippen molar-refractivity contribution >= 4 is 57.3 Å². The Morgan fingerprint density at radius 1 is 1.06 bits per heavy atom. The van der Waals surface area contributed by atoms with Crippen LogP contribution in [0.5, 0.6) is 0 Å². The predicted molar refractivity (Wildman–Crippen MR) is 132 cm³/mol. The van der Waals surface area contributed by atoms with Crippen LogP contribution in [0.1, 0.15) is 16.8 Å². The zero-order valence-corrected chi connectivity index (χ0v) is 20.2. The first-order valence-electron chi connectivity index (χ1n) is 10.0. The normalized spacial score (nSPS) is 13.3. The standard InChI is InChI=1S/C20H23ClN8O2S.ClH/c1-32(30,31)29-19-17(23-8-9-24-19)12-25-18-16(21)11-26-20(28-18)27-15-3-2-13-4-6-22-7-5-14(13)10-15;/h2-3,8-11,22H,4-7,12H2,1H3,(H,24,29)(H2,25,26,27,28);1H. The number of hydrogen-bond donors (Lipinski definition) is 4. The molecular weight excluding hydrogens is 487 g/mol. The van der Waals surface area contributed by atoms with Crippen LogP contribution in [0, 0.1) is 0 Å². The van der Waals surface area contributed by atoms with E-state index in [1.54, 1.807) is 0 Å². The summed E-state index contributed by atoms with van der Waals surface area (Å²) in [5, 5.41) is 10.0. The van der Waals surface area contributed by atoms with Crippen LogP contribution in [-0.4, -0.2) is 47.7 Å². The highest BCUT2D eigenvalue weighted by molar-refractivity contribution is 7.92. The average Bonchev–Trinajstić information content (AvgIpc) is 2.99. The number of halogens is 2. The van der Waals surface area contributed by atoms with Gasteiger partial charge in [-0.1, -0.05) is 17.7 Å². The first kappa shape index (κ1) is 24.9. The highest BCUT2D eigenvalue weighted by atomic mass is 35.5. The summed E-state index contributed by atoms with van der Waals surface area (Å²) in [4.78, 5) is 16.9. The smallest absolute Gasteiger partial charge is 0.231 e. The van der Waals surface area contributed by atoms with Gasteiger partial charge in [-0.2, -0.15) is 4.98 Å². The molecule has 0 aliphatic carbocycles. The van der Waals surface area contributed by atoms with E-state index in [0.29, 0.717) is 22.5 Å². The molecule has 0 amide bonds. The van der Waals surface area contributed by atoms with E-state index in [9.17, 15) is 8.42 Å². The molecule has 176 valence electrons. The summed E-state index contributed by atoms with van der Waals surface area (Å²) in [7, 11) is -3.49. The first-order valence-corrected chi connectivity index (χ1v) is 12.3. The molecule has 13 heteroatoms. The minimum Gasteiger partial charge on any atom is -0.363 e. The molecule has 0 saturated heterocycles. The summed E-state index contributed by atoms with van der Waals surface area (Å²) < 4.78 is 25.5. The molecule has 10 nitrogen and oxygen atoms in total. The molecule has 4 rings (SSSR count). The number of nitrogens with zero attached hydrogens (tertiary/aromatic N) is 4. The molecule has 1 aliphatic rings. The van der Waals surface area contributed by atoms with Crippen molar-refractivity contribution in [2.75, 3.05) is 34.7 Å². The molecule has 2 aromatic heterocycles. The summed E-state index contributed by atoms with van der Waals surface area (Å²) in [6.45, 7) is 2.11. The Hall–Kier alpha value is -2.73. The van der Waals surface area contributed by atoms with Crippen LogP contribution in [0.4, 0.5) is 23.3 Å². The summed E-state index contributed by atoms with van der Waals surface area (Å²) in [5.74, 6) is 0.918. The number of aromatic nitrogens is 4. The largest absolute Gasteiger partial charge is 0.363 e. The van der Waals surface area contributed by atoms with E-state index in [1.165, 1.54) is 29.7 Å². The van der Waals surface area contributed by atoms with Gasteiger partial charge >= 0.3 is 0 Å². The monoisotopic (exact) mass is 510 g/mol. The van der Waals surface area contributed by atoms with Crippen molar-refractivity contribution < 1.29 is 8.42 Å². The third kappa shape index (κ3) is 6.87. The van der Waals surface area contributed by atoms with Crippen LogP contribution in [0.25, 0.3) is 0 Å². The minimum atomic E-state index is -3.49. The molecule has 0 radical (unpaired) electrons. The summed E-state index contributed by atoms with van der Waals surface area (Å²) in [6, 6.07) is 6.26. The second-order valence-electron chi connectivity index (χ2n) is 7.33. The second kappa shape index (κ2) is 10.9. The van der Waals surface area contributed by atoms with E-state index >= 15 is 0 Å². The van der Waals surface area contributed by atoms with Crippen LogP contribution in [-0.2, 0) is 29.4 Å². The lowest BCUT2D eigenvalue weighted by Gasteiger charge is -2.13. The zero-order chi connectivity index (χ0) is 22.6. The second-order valence-corrected chi connectivity index (χ2v) is 9.48. The fourth-order valence-corrected chi connectivity index (χ4v) is 4.04. The number of hydrogen-bond acceptors (Lipinski definition) is 9. The Morgan fingerprint density at radius 3 is 2.61 bits per heavy atom. The van der Waals surface area contributed by atoms with Gasteiger partial charge in [-0.05, 0) is 49.2 Å². The Kier molecular flexibility index (Phi) is 8.25.